The van der Waals surface area contributed by atoms with Gasteiger partial charge in [-0.05, 0) is 42.3 Å². The van der Waals surface area contributed by atoms with Gasteiger partial charge in [-0.2, -0.15) is 0 Å². The summed E-state index contributed by atoms with van der Waals surface area (Å²) in [7, 11) is 0. The maximum atomic E-state index is 14.1. The van der Waals surface area contributed by atoms with E-state index in [9.17, 15) is 19.3 Å². The van der Waals surface area contributed by atoms with Gasteiger partial charge in [0.05, 0.1) is 20.7 Å². The average Bonchev–Trinajstić information content (AvgIpc) is 2.71. The molecule has 1 amide bonds. The summed E-state index contributed by atoms with van der Waals surface area (Å²) in [6.07, 6.45) is 0.494. The molecule has 9 heteroatoms. The summed E-state index contributed by atoms with van der Waals surface area (Å²) in [4.78, 5) is 24.6. The number of hydrogen-bond donors (Lipinski definition) is 0. The molecule has 3 aromatic carbocycles. The van der Waals surface area contributed by atoms with Crippen LogP contribution in [0.25, 0.3) is 0 Å². The lowest BCUT2D eigenvalue weighted by atomic mass is 9.98. The van der Waals surface area contributed by atoms with Gasteiger partial charge in [0.2, 0.25) is 0 Å². The third-order valence-corrected chi connectivity index (χ3v) is 5.28. The number of benzene rings is 3. The van der Waals surface area contributed by atoms with E-state index in [1.165, 1.54) is 11.0 Å². The smallest absolute Gasteiger partial charge is 0.272 e. The lowest BCUT2D eigenvalue weighted by Gasteiger charge is -2.29. The highest BCUT2D eigenvalue weighted by Gasteiger charge is 2.27. The van der Waals surface area contributed by atoms with Crippen molar-refractivity contribution in [2.75, 3.05) is 11.4 Å². The number of para-hydroxylation sites is 1. The molecule has 0 bridgehead atoms. The second-order valence-electron chi connectivity index (χ2n) is 6.57. The Kier molecular flexibility index (Phi) is 5.32. The molecule has 0 radical (unpaired) electrons. The van der Waals surface area contributed by atoms with Crippen molar-refractivity contribution in [1.82, 2.24) is 0 Å². The van der Waals surface area contributed by atoms with Gasteiger partial charge in [-0.3, -0.25) is 14.9 Å². The highest BCUT2D eigenvalue weighted by atomic mass is 35.5. The minimum atomic E-state index is -0.604. The van der Waals surface area contributed by atoms with Crippen LogP contribution in [-0.2, 0) is 6.42 Å². The molecule has 0 saturated heterocycles. The second kappa shape index (κ2) is 7.93. The fraction of sp³-hybridized carbons (Fsp3) is 0.0952. The van der Waals surface area contributed by atoms with Crippen molar-refractivity contribution in [1.29, 1.82) is 0 Å². The Balaban J connectivity index is 1.62. The van der Waals surface area contributed by atoms with Gasteiger partial charge in [0.15, 0.2) is 5.75 Å². The number of non-ortho nitro benzene ring substituents is 1. The quantitative estimate of drug-likeness (QED) is 0.361. The van der Waals surface area contributed by atoms with E-state index >= 15 is 0 Å². The standard InChI is InChI=1S/C21H13Cl2FN2O4/c22-16-10-13(26(28)29)11-17(23)20(16)30-14-5-6-15-12(9-14)7-8-25(21(15)27)19-4-2-1-3-18(19)24/h1-6,9-11H,7-8H2. The summed E-state index contributed by atoms with van der Waals surface area (Å²) >= 11 is 12.2. The SMILES string of the molecule is O=C1c2ccc(Oc3c(Cl)cc([N+](=O)[O-])cc3Cl)cc2CCN1c1ccccc1F. The maximum Gasteiger partial charge on any atom is 0.272 e. The van der Waals surface area contributed by atoms with Crippen molar-refractivity contribution in [2.24, 2.45) is 0 Å². The first kappa shape index (κ1) is 20.1. The number of fused-ring (bicyclic) bond motifs is 1. The number of nitrogens with zero attached hydrogens (tertiary/aromatic N) is 2. The molecule has 0 atom stereocenters. The van der Waals surface area contributed by atoms with Crippen molar-refractivity contribution in [3.8, 4) is 11.5 Å². The van der Waals surface area contributed by atoms with Crippen LogP contribution in [0.1, 0.15) is 15.9 Å². The summed E-state index contributed by atoms with van der Waals surface area (Å²) in [5.74, 6) is -0.312. The Hall–Kier alpha value is -3.16. The van der Waals surface area contributed by atoms with E-state index in [-0.39, 0.29) is 33.1 Å². The van der Waals surface area contributed by atoms with Gasteiger partial charge < -0.3 is 9.64 Å². The normalized spacial score (nSPS) is 13.2. The predicted octanol–water partition coefficient (Wildman–Crippen LogP) is 6.04. The number of halogens is 3. The first-order chi connectivity index (χ1) is 14.3. The van der Waals surface area contributed by atoms with Crippen molar-refractivity contribution < 1.29 is 18.8 Å². The third kappa shape index (κ3) is 3.69. The molecule has 1 aliphatic rings. The molecule has 1 heterocycles. The first-order valence-electron chi connectivity index (χ1n) is 8.86. The number of nitro groups is 1. The van der Waals surface area contributed by atoms with Gasteiger partial charge in [0.25, 0.3) is 11.6 Å². The largest absolute Gasteiger partial charge is 0.454 e. The van der Waals surface area contributed by atoms with E-state index in [2.05, 4.69) is 0 Å². The second-order valence-corrected chi connectivity index (χ2v) is 7.39. The molecule has 6 nitrogen and oxygen atoms in total. The zero-order valence-corrected chi connectivity index (χ0v) is 16.8. The zero-order valence-electron chi connectivity index (χ0n) is 15.3. The van der Waals surface area contributed by atoms with Gasteiger partial charge in [-0.25, -0.2) is 4.39 Å². The summed E-state index contributed by atoms with van der Waals surface area (Å²) in [6.45, 7) is 0.315. The Morgan fingerprint density at radius 3 is 2.43 bits per heavy atom. The molecule has 30 heavy (non-hydrogen) atoms. The van der Waals surface area contributed by atoms with Gasteiger partial charge >= 0.3 is 0 Å². The number of rotatable bonds is 4. The van der Waals surface area contributed by atoms with Crippen LogP contribution in [0.2, 0.25) is 10.0 Å². The summed E-state index contributed by atoms with van der Waals surface area (Å²) in [6, 6.07) is 13.3. The lowest BCUT2D eigenvalue weighted by molar-refractivity contribution is -0.384. The van der Waals surface area contributed by atoms with Crippen LogP contribution >= 0.6 is 23.2 Å². The van der Waals surface area contributed by atoms with Gasteiger partial charge in [0.1, 0.15) is 11.6 Å². The van der Waals surface area contributed by atoms with Crippen LogP contribution in [0.4, 0.5) is 15.8 Å². The van der Waals surface area contributed by atoms with Crippen LogP contribution in [0.3, 0.4) is 0 Å². The van der Waals surface area contributed by atoms with Crippen LogP contribution in [0, 0.1) is 15.9 Å². The molecule has 3 aromatic rings. The highest BCUT2D eigenvalue weighted by Crippen LogP contribution is 2.40. The molecule has 0 aliphatic carbocycles. The fourth-order valence-corrected chi connectivity index (χ4v) is 3.85. The number of ether oxygens (including phenoxy) is 1. The molecule has 0 aromatic heterocycles. The molecular weight excluding hydrogens is 434 g/mol. The van der Waals surface area contributed by atoms with Crippen LogP contribution in [0.5, 0.6) is 11.5 Å². The summed E-state index contributed by atoms with van der Waals surface area (Å²) < 4.78 is 19.8. The minimum absolute atomic E-state index is 0.00581. The molecule has 152 valence electrons. The zero-order chi connectivity index (χ0) is 21.4. The van der Waals surface area contributed by atoms with E-state index in [0.29, 0.717) is 24.3 Å². The van der Waals surface area contributed by atoms with Crippen molar-refractivity contribution in [3.05, 3.63) is 91.7 Å². The van der Waals surface area contributed by atoms with E-state index in [1.807, 2.05) is 0 Å². The maximum absolute atomic E-state index is 14.1. The number of nitro benzene ring substituents is 1. The van der Waals surface area contributed by atoms with E-state index in [4.69, 9.17) is 27.9 Å². The minimum Gasteiger partial charge on any atom is -0.454 e. The number of carbonyl (C=O) groups excluding carboxylic acids is 1. The van der Waals surface area contributed by atoms with Crippen molar-refractivity contribution >= 4 is 40.5 Å². The topological polar surface area (TPSA) is 72.7 Å². The van der Waals surface area contributed by atoms with Crippen LogP contribution in [-0.4, -0.2) is 17.4 Å². The number of hydrogen-bond acceptors (Lipinski definition) is 4. The van der Waals surface area contributed by atoms with Crippen molar-refractivity contribution in [3.63, 3.8) is 0 Å². The van der Waals surface area contributed by atoms with Crippen molar-refractivity contribution in [2.45, 2.75) is 6.42 Å². The molecular formula is C21H13Cl2FN2O4. The summed E-state index contributed by atoms with van der Waals surface area (Å²) in [5.41, 5.74) is 1.16. The van der Waals surface area contributed by atoms with E-state index < -0.39 is 10.7 Å². The molecule has 0 spiro atoms. The molecule has 0 fully saturated rings. The van der Waals surface area contributed by atoms with Gasteiger partial charge in [-0.1, -0.05) is 35.3 Å². The molecule has 0 N–H and O–H groups in total. The van der Waals surface area contributed by atoms with Gasteiger partial charge in [0, 0.05) is 24.2 Å². The molecule has 4 rings (SSSR count). The highest BCUT2D eigenvalue weighted by molar-refractivity contribution is 6.37. The molecule has 0 saturated carbocycles. The van der Waals surface area contributed by atoms with E-state index in [1.54, 1.807) is 36.4 Å². The number of amides is 1. The third-order valence-electron chi connectivity index (χ3n) is 4.71. The Labute approximate surface area is 180 Å². The lowest BCUT2D eigenvalue weighted by Crippen LogP contribution is -2.38. The Bertz CT molecular complexity index is 1160. The Morgan fingerprint density at radius 1 is 1.07 bits per heavy atom. The molecule has 0 unspecified atom stereocenters. The monoisotopic (exact) mass is 446 g/mol. The van der Waals surface area contributed by atoms with Crippen LogP contribution in [0.15, 0.2) is 54.6 Å². The van der Waals surface area contributed by atoms with Crippen LogP contribution < -0.4 is 9.64 Å². The number of carbonyl (C=O) groups is 1. The first-order valence-corrected chi connectivity index (χ1v) is 9.61. The number of anilines is 1. The Morgan fingerprint density at radius 2 is 1.77 bits per heavy atom. The average molecular weight is 447 g/mol. The predicted molar refractivity (Wildman–Crippen MR) is 111 cm³/mol. The summed E-state index contributed by atoms with van der Waals surface area (Å²) in [5, 5.41) is 10.9. The van der Waals surface area contributed by atoms with E-state index in [0.717, 1.165) is 17.7 Å². The van der Waals surface area contributed by atoms with Gasteiger partial charge in [-0.15, -0.1) is 0 Å². The molecule has 1 aliphatic heterocycles. The fourth-order valence-electron chi connectivity index (χ4n) is 3.30.